The highest BCUT2D eigenvalue weighted by Gasteiger charge is 2.67. The van der Waals surface area contributed by atoms with Crippen molar-refractivity contribution >= 4 is 17.7 Å². The summed E-state index contributed by atoms with van der Waals surface area (Å²) < 4.78 is 11.1. The fourth-order valence-electron chi connectivity index (χ4n) is 9.03. The third-order valence-corrected chi connectivity index (χ3v) is 10.9. The maximum absolute atomic E-state index is 13.7. The lowest BCUT2D eigenvalue weighted by Gasteiger charge is -2.60. The number of hydrogen-bond acceptors (Lipinski definition) is 6. The normalized spacial score (nSPS) is 41.8. The van der Waals surface area contributed by atoms with Gasteiger partial charge in [0, 0.05) is 25.7 Å². The summed E-state index contributed by atoms with van der Waals surface area (Å²) in [5.74, 6) is 1.18. The van der Waals surface area contributed by atoms with Crippen molar-refractivity contribution in [2.45, 2.75) is 124 Å². The van der Waals surface area contributed by atoms with Crippen LogP contribution < -0.4 is 0 Å². The first kappa shape index (κ1) is 28.3. The van der Waals surface area contributed by atoms with Crippen LogP contribution >= 0.6 is 0 Å². The van der Waals surface area contributed by atoms with Gasteiger partial charge < -0.3 is 14.6 Å². The van der Waals surface area contributed by atoms with Gasteiger partial charge in [0.25, 0.3) is 0 Å². The molecule has 0 heterocycles. The average Bonchev–Trinajstić information content (AvgIpc) is 3.13. The smallest absolute Gasteiger partial charge is 0.303 e. The van der Waals surface area contributed by atoms with E-state index in [4.69, 9.17) is 9.47 Å². The SMILES string of the molecule is CC(=O)O[C@H]1C[C@]2(O)C(=O)C=C3[C@@H]4CC[C@H]([C@H](C)CCCC(C)C)[C@@]4(C)CC[C@@H]3[C@@]2(C)C[C@H]1OC(C)=O. The van der Waals surface area contributed by atoms with E-state index in [1.54, 1.807) is 6.08 Å². The summed E-state index contributed by atoms with van der Waals surface area (Å²) in [6.07, 6.45) is 8.55. The van der Waals surface area contributed by atoms with Crippen molar-refractivity contribution in [3.05, 3.63) is 11.6 Å². The molecule has 0 aromatic carbocycles. The summed E-state index contributed by atoms with van der Waals surface area (Å²) >= 11 is 0. The quantitative estimate of drug-likeness (QED) is 0.431. The zero-order chi connectivity index (χ0) is 27.3. The number of carbonyl (C=O) groups excluding carboxylic acids is 3. The van der Waals surface area contributed by atoms with Crippen LogP contribution in [-0.4, -0.2) is 40.6 Å². The van der Waals surface area contributed by atoms with Crippen molar-refractivity contribution in [3.63, 3.8) is 0 Å². The van der Waals surface area contributed by atoms with Crippen LogP contribution in [0.3, 0.4) is 0 Å². The van der Waals surface area contributed by atoms with Crippen LogP contribution in [-0.2, 0) is 23.9 Å². The Morgan fingerprint density at radius 3 is 2.19 bits per heavy atom. The summed E-state index contributed by atoms with van der Waals surface area (Å²) in [4.78, 5) is 37.4. The predicted octanol–water partition coefficient (Wildman–Crippen LogP) is 5.80. The lowest BCUT2D eigenvalue weighted by atomic mass is 9.45. The standard InChI is InChI=1S/C31H48O6/c1-18(2)9-8-10-19(3)23-11-12-24-22-15-28(34)31(35)17-27(37-21(5)33)26(36-20(4)32)16-30(31,7)25(22)13-14-29(23,24)6/h15,18-19,23-27,35H,8-14,16-17H2,1-7H3/t19-,23-,24+,25+,26-,27+,29-,30-,31+/m1/s1. The Kier molecular flexibility index (Phi) is 7.75. The van der Waals surface area contributed by atoms with E-state index in [-0.39, 0.29) is 23.5 Å². The first-order valence-corrected chi connectivity index (χ1v) is 14.6. The van der Waals surface area contributed by atoms with E-state index < -0.39 is 35.2 Å². The van der Waals surface area contributed by atoms with Crippen LogP contribution in [0.4, 0.5) is 0 Å². The highest BCUT2D eigenvalue weighted by Crippen LogP contribution is 2.67. The third kappa shape index (κ3) is 4.81. The molecular weight excluding hydrogens is 468 g/mol. The van der Waals surface area contributed by atoms with Crippen LogP contribution in [0.5, 0.6) is 0 Å². The van der Waals surface area contributed by atoms with Crippen molar-refractivity contribution in [1.29, 1.82) is 0 Å². The predicted molar refractivity (Wildman–Crippen MR) is 141 cm³/mol. The molecule has 4 aliphatic carbocycles. The molecule has 0 amide bonds. The van der Waals surface area contributed by atoms with E-state index in [9.17, 15) is 19.5 Å². The molecule has 9 atom stereocenters. The number of carbonyl (C=O) groups is 3. The molecule has 0 aromatic heterocycles. The minimum Gasteiger partial charge on any atom is -0.459 e. The van der Waals surface area contributed by atoms with Crippen LogP contribution in [0.25, 0.3) is 0 Å². The minimum absolute atomic E-state index is 0.0413. The van der Waals surface area contributed by atoms with E-state index in [1.165, 1.54) is 45.1 Å². The zero-order valence-corrected chi connectivity index (χ0v) is 24.0. The van der Waals surface area contributed by atoms with Gasteiger partial charge in [-0.2, -0.15) is 0 Å². The maximum atomic E-state index is 13.7. The molecule has 4 rings (SSSR count). The number of allylic oxidation sites excluding steroid dienone is 1. The molecule has 4 aliphatic rings. The molecule has 3 fully saturated rings. The van der Waals surface area contributed by atoms with Crippen LogP contribution in [0, 0.1) is 40.4 Å². The Balaban J connectivity index is 1.63. The molecule has 37 heavy (non-hydrogen) atoms. The topological polar surface area (TPSA) is 89.9 Å². The molecule has 3 saturated carbocycles. The molecule has 0 bridgehead atoms. The second kappa shape index (κ2) is 10.1. The van der Waals surface area contributed by atoms with E-state index >= 15 is 0 Å². The van der Waals surface area contributed by atoms with Gasteiger partial charge in [-0.15, -0.1) is 0 Å². The number of esters is 2. The number of aliphatic hydroxyl groups is 1. The Labute approximate surface area is 222 Å². The minimum atomic E-state index is -1.65. The summed E-state index contributed by atoms with van der Waals surface area (Å²) in [6.45, 7) is 14.1. The fraction of sp³-hybridized carbons (Fsp3) is 0.839. The van der Waals surface area contributed by atoms with Crippen molar-refractivity contribution < 1.29 is 29.0 Å². The van der Waals surface area contributed by atoms with Gasteiger partial charge in [-0.3, -0.25) is 14.4 Å². The monoisotopic (exact) mass is 516 g/mol. The lowest BCUT2D eigenvalue weighted by Crippen LogP contribution is -2.67. The molecule has 6 heteroatoms. The van der Waals surface area contributed by atoms with Crippen molar-refractivity contribution in [1.82, 2.24) is 0 Å². The van der Waals surface area contributed by atoms with Gasteiger partial charge >= 0.3 is 11.9 Å². The van der Waals surface area contributed by atoms with Gasteiger partial charge in [0.05, 0.1) is 0 Å². The Morgan fingerprint density at radius 2 is 1.59 bits per heavy atom. The van der Waals surface area contributed by atoms with Crippen molar-refractivity contribution in [3.8, 4) is 0 Å². The molecule has 0 radical (unpaired) electrons. The lowest BCUT2D eigenvalue weighted by molar-refractivity contribution is -0.216. The molecule has 0 aliphatic heterocycles. The van der Waals surface area contributed by atoms with E-state index in [2.05, 4.69) is 27.7 Å². The highest BCUT2D eigenvalue weighted by molar-refractivity contribution is 6.00. The van der Waals surface area contributed by atoms with Gasteiger partial charge in [0.2, 0.25) is 0 Å². The van der Waals surface area contributed by atoms with Gasteiger partial charge in [0.15, 0.2) is 5.78 Å². The summed E-state index contributed by atoms with van der Waals surface area (Å²) in [6, 6.07) is 0. The first-order chi connectivity index (χ1) is 17.2. The van der Waals surface area contributed by atoms with Gasteiger partial charge in [-0.25, -0.2) is 0 Å². The molecule has 0 unspecified atom stereocenters. The average molecular weight is 517 g/mol. The van der Waals surface area contributed by atoms with E-state index in [1.807, 2.05) is 6.92 Å². The van der Waals surface area contributed by atoms with E-state index in [0.717, 1.165) is 25.2 Å². The number of ether oxygens (including phenoxy) is 2. The number of rotatable bonds is 7. The summed E-state index contributed by atoms with van der Waals surface area (Å²) in [7, 11) is 0. The Hall–Kier alpha value is -1.69. The van der Waals surface area contributed by atoms with Gasteiger partial charge in [-0.05, 0) is 73.2 Å². The summed E-state index contributed by atoms with van der Waals surface area (Å²) in [5, 5.41) is 12.0. The van der Waals surface area contributed by atoms with Crippen molar-refractivity contribution in [2.24, 2.45) is 40.4 Å². The van der Waals surface area contributed by atoms with Crippen molar-refractivity contribution in [2.75, 3.05) is 0 Å². The molecule has 0 aromatic rings. The Morgan fingerprint density at radius 1 is 0.973 bits per heavy atom. The van der Waals surface area contributed by atoms with E-state index in [0.29, 0.717) is 24.2 Å². The zero-order valence-electron chi connectivity index (χ0n) is 24.0. The Bertz CT molecular complexity index is 953. The van der Waals surface area contributed by atoms with Crippen LogP contribution in [0.2, 0.25) is 0 Å². The molecule has 208 valence electrons. The molecule has 0 saturated heterocycles. The largest absolute Gasteiger partial charge is 0.459 e. The molecule has 0 spiro atoms. The maximum Gasteiger partial charge on any atom is 0.303 e. The summed E-state index contributed by atoms with van der Waals surface area (Å²) in [5.41, 5.74) is -1.06. The van der Waals surface area contributed by atoms with Crippen LogP contribution in [0.15, 0.2) is 11.6 Å². The number of hydrogen-bond donors (Lipinski definition) is 1. The molecule has 1 N–H and O–H groups in total. The second-order valence-electron chi connectivity index (χ2n) is 13.6. The van der Waals surface area contributed by atoms with Gasteiger partial charge in [-0.1, -0.05) is 59.5 Å². The fourth-order valence-corrected chi connectivity index (χ4v) is 9.03. The van der Waals surface area contributed by atoms with Gasteiger partial charge in [0.1, 0.15) is 17.8 Å². The first-order valence-electron chi connectivity index (χ1n) is 14.6. The number of fused-ring (bicyclic) bond motifs is 5. The highest BCUT2D eigenvalue weighted by atomic mass is 16.6. The molecule has 6 nitrogen and oxygen atoms in total. The second-order valence-corrected chi connectivity index (χ2v) is 13.6. The third-order valence-electron chi connectivity index (χ3n) is 10.9. The number of ketones is 1. The van der Waals surface area contributed by atoms with Crippen LogP contribution in [0.1, 0.15) is 106 Å². The molecular formula is C31H48O6.